The summed E-state index contributed by atoms with van der Waals surface area (Å²) in [6.45, 7) is 2.29. The van der Waals surface area contributed by atoms with E-state index in [1.807, 2.05) is 5.51 Å². The zero-order valence-electron chi connectivity index (χ0n) is 17.4. The Morgan fingerprint density at radius 1 is 0.667 bits per heavy atom. The summed E-state index contributed by atoms with van der Waals surface area (Å²) in [6.07, 6.45) is 21.2. The van der Waals surface area contributed by atoms with Crippen molar-refractivity contribution >= 4 is 11.3 Å². The third kappa shape index (κ3) is 10.1. The summed E-state index contributed by atoms with van der Waals surface area (Å²) in [5.41, 5.74) is 5.70. The topological polar surface area (TPSA) is 12.9 Å². The van der Waals surface area contributed by atoms with Crippen molar-refractivity contribution in [3.63, 3.8) is 0 Å². The summed E-state index contributed by atoms with van der Waals surface area (Å²) in [6, 6.07) is 8.98. The average Bonchev–Trinajstić information content (AvgIpc) is 3.23. The fraction of sp³-hybridized carbons (Fsp3) is 0.640. The summed E-state index contributed by atoms with van der Waals surface area (Å²) >= 11 is 1.66. The third-order valence-corrected chi connectivity index (χ3v) is 6.09. The molecule has 0 aliphatic rings. The minimum Gasteiger partial charge on any atom is -0.245 e. The van der Waals surface area contributed by atoms with Gasteiger partial charge in [-0.15, -0.1) is 11.3 Å². The number of hydrogen-bond acceptors (Lipinski definition) is 2. The molecule has 0 fully saturated rings. The van der Waals surface area contributed by atoms with Crippen LogP contribution in [-0.4, -0.2) is 4.98 Å². The van der Waals surface area contributed by atoms with E-state index in [4.69, 9.17) is 0 Å². The predicted molar refractivity (Wildman–Crippen MR) is 122 cm³/mol. The standard InChI is InChI=1S/C25H39NS/c1-2-3-4-5-6-7-8-9-10-11-12-13-14-15-16-23-17-19-24(20-18-23)25-21-27-22-26-25/h17-22H,2-16H2,1H3. The molecule has 0 saturated heterocycles. The Hall–Kier alpha value is -1.15. The number of thiazole rings is 1. The van der Waals surface area contributed by atoms with Crippen LogP contribution < -0.4 is 0 Å². The van der Waals surface area contributed by atoms with E-state index in [0.29, 0.717) is 0 Å². The Morgan fingerprint density at radius 3 is 1.67 bits per heavy atom. The molecule has 0 radical (unpaired) electrons. The van der Waals surface area contributed by atoms with Crippen LogP contribution in [0.25, 0.3) is 11.3 Å². The highest BCUT2D eigenvalue weighted by Gasteiger charge is 2.00. The quantitative estimate of drug-likeness (QED) is 0.263. The van der Waals surface area contributed by atoms with Crippen LogP contribution in [0.15, 0.2) is 35.2 Å². The Kier molecular flexibility index (Phi) is 12.2. The van der Waals surface area contributed by atoms with E-state index < -0.39 is 0 Å². The second-order valence-electron chi connectivity index (χ2n) is 7.92. The number of aryl methyl sites for hydroxylation is 1. The van der Waals surface area contributed by atoms with Gasteiger partial charge >= 0.3 is 0 Å². The molecule has 0 amide bonds. The van der Waals surface area contributed by atoms with Crippen molar-refractivity contribution in [2.24, 2.45) is 0 Å². The predicted octanol–water partition coefficient (Wildman–Crippen LogP) is 8.83. The van der Waals surface area contributed by atoms with Crippen molar-refractivity contribution in [3.05, 3.63) is 40.7 Å². The SMILES string of the molecule is CCCCCCCCCCCCCCCCc1ccc(-c2cscn2)cc1. The minimum absolute atomic E-state index is 1.10. The van der Waals surface area contributed by atoms with Crippen LogP contribution in [0.5, 0.6) is 0 Å². The molecule has 0 unspecified atom stereocenters. The summed E-state index contributed by atoms with van der Waals surface area (Å²) in [5, 5.41) is 2.11. The van der Waals surface area contributed by atoms with Crippen LogP contribution in [0.2, 0.25) is 0 Å². The molecule has 1 aromatic heterocycles. The average molecular weight is 386 g/mol. The number of rotatable bonds is 16. The van der Waals surface area contributed by atoms with Gasteiger partial charge < -0.3 is 0 Å². The molecule has 2 aromatic rings. The monoisotopic (exact) mass is 385 g/mol. The number of hydrogen-bond donors (Lipinski definition) is 0. The lowest BCUT2D eigenvalue weighted by Gasteiger charge is -2.04. The molecule has 0 atom stereocenters. The first-order valence-corrected chi connectivity index (χ1v) is 12.3. The second-order valence-corrected chi connectivity index (χ2v) is 8.64. The molecule has 2 rings (SSSR count). The molecule has 2 heteroatoms. The van der Waals surface area contributed by atoms with E-state index in [-0.39, 0.29) is 0 Å². The fourth-order valence-corrected chi connectivity index (χ4v) is 4.28. The molecule has 0 aliphatic heterocycles. The van der Waals surface area contributed by atoms with E-state index in [1.165, 1.54) is 107 Å². The van der Waals surface area contributed by atoms with Gasteiger partial charge in [0.1, 0.15) is 0 Å². The molecule has 1 nitrogen and oxygen atoms in total. The van der Waals surface area contributed by atoms with Crippen LogP contribution >= 0.6 is 11.3 Å². The maximum Gasteiger partial charge on any atom is 0.0811 e. The van der Waals surface area contributed by atoms with E-state index in [1.54, 1.807) is 11.3 Å². The highest BCUT2D eigenvalue weighted by molar-refractivity contribution is 7.07. The van der Waals surface area contributed by atoms with Crippen molar-refractivity contribution in [2.75, 3.05) is 0 Å². The molecule has 0 saturated carbocycles. The third-order valence-electron chi connectivity index (χ3n) is 5.50. The second kappa shape index (κ2) is 14.9. The fourth-order valence-electron chi connectivity index (χ4n) is 3.72. The van der Waals surface area contributed by atoms with Crippen LogP contribution in [0.4, 0.5) is 0 Å². The Bertz CT molecular complexity index is 559. The summed E-state index contributed by atoms with van der Waals surface area (Å²) in [4.78, 5) is 4.38. The molecule has 0 spiro atoms. The summed E-state index contributed by atoms with van der Waals surface area (Å²) < 4.78 is 0. The van der Waals surface area contributed by atoms with Gasteiger partial charge in [0.25, 0.3) is 0 Å². The van der Waals surface area contributed by atoms with Gasteiger partial charge in [0.05, 0.1) is 11.2 Å². The highest BCUT2D eigenvalue weighted by Crippen LogP contribution is 2.20. The molecule has 0 aliphatic carbocycles. The Morgan fingerprint density at radius 2 is 1.19 bits per heavy atom. The summed E-state index contributed by atoms with van der Waals surface area (Å²) in [7, 11) is 0. The van der Waals surface area contributed by atoms with Crippen LogP contribution in [0.1, 0.15) is 102 Å². The van der Waals surface area contributed by atoms with Crippen molar-refractivity contribution in [3.8, 4) is 11.3 Å². The van der Waals surface area contributed by atoms with Gasteiger partial charge in [-0.3, -0.25) is 0 Å². The Balaban J connectivity index is 1.38. The maximum atomic E-state index is 4.38. The van der Waals surface area contributed by atoms with Gasteiger partial charge in [-0.1, -0.05) is 115 Å². The lowest BCUT2D eigenvalue weighted by molar-refractivity contribution is 0.535. The molecule has 0 bridgehead atoms. The molecule has 27 heavy (non-hydrogen) atoms. The maximum absolute atomic E-state index is 4.38. The molecule has 150 valence electrons. The lowest BCUT2D eigenvalue weighted by Crippen LogP contribution is -1.87. The van der Waals surface area contributed by atoms with Gasteiger partial charge in [0.2, 0.25) is 0 Å². The van der Waals surface area contributed by atoms with E-state index in [0.717, 1.165) is 5.69 Å². The van der Waals surface area contributed by atoms with E-state index in [9.17, 15) is 0 Å². The molecule has 1 aromatic carbocycles. The van der Waals surface area contributed by atoms with Gasteiger partial charge in [0, 0.05) is 10.9 Å². The van der Waals surface area contributed by atoms with Crippen molar-refractivity contribution < 1.29 is 0 Å². The lowest BCUT2D eigenvalue weighted by atomic mass is 10.0. The van der Waals surface area contributed by atoms with Crippen molar-refractivity contribution in [1.82, 2.24) is 4.98 Å². The number of nitrogens with zero attached hydrogens (tertiary/aromatic N) is 1. The molecule has 0 N–H and O–H groups in total. The number of aromatic nitrogens is 1. The highest BCUT2D eigenvalue weighted by atomic mass is 32.1. The van der Waals surface area contributed by atoms with Crippen LogP contribution in [0, 0.1) is 0 Å². The number of unbranched alkanes of at least 4 members (excludes halogenated alkanes) is 13. The zero-order valence-corrected chi connectivity index (χ0v) is 18.2. The first kappa shape index (κ1) is 22.1. The first-order valence-electron chi connectivity index (χ1n) is 11.4. The van der Waals surface area contributed by atoms with E-state index in [2.05, 4.69) is 41.6 Å². The van der Waals surface area contributed by atoms with Crippen molar-refractivity contribution in [2.45, 2.75) is 103 Å². The molecular weight excluding hydrogens is 346 g/mol. The molecular formula is C25H39NS. The van der Waals surface area contributed by atoms with Gasteiger partial charge in [-0.05, 0) is 18.4 Å². The van der Waals surface area contributed by atoms with Crippen LogP contribution in [-0.2, 0) is 6.42 Å². The van der Waals surface area contributed by atoms with Crippen LogP contribution in [0.3, 0.4) is 0 Å². The Labute approximate surface area is 171 Å². The minimum atomic E-state index is 1.10. The van der Waals surface area contributed by atoms with Crippen molar-refractivity contribution in [1.29, 1.82) is 0 Å². The summed E-state index contributed by atoms with van der Waals surface area (Å²) in [5.74, 6) is 0. The zero-order chi connectivity index (χ0) is 19.0. The van der Waals surface area contributed by atoms with Gasteiger partial charge in [0.15, 0.2) is 0 Å². The van der Waals surface area contributed by atoms with E-state index >= 15 is 0 Å². The molecule has 1 heterocycles. The normalized spacial score (nSPS) is 11.1. The smallest absolute Gasteiger partial charge is 0.0811 e. The first-order chi connectivity index (χ1) is 13.4. The largest absolute Gasteiger partial charge is 0.245 e. The number of benzene rings is 1. The van der Waals surface area contributed by atoms with Gasteiger partial charge in [-0.2, -0.15) is 0 Å². The van der Waals surface area contributed by atoms with Gasteiger partial charge in [-0.25, -0.2) is 4.98 Å².